The average Bonchev–Trinajstić information content (AvgIpc) is 2.67. The molecule has 0 saturated heterocycles. The van der Waals surface area contributed by atoms with E-state index >= 15 is 0 Å². The molecule has 148 valence electrons. The number of hydrazine groups is 1. The maximum atomic E-state index is 12.9. The highest BCUT2D eigenvalue weighted by molar-refractivity contribution is 7.89. The maximum absolute atomic E-state index is 12.9. The summed E-state index contributed by atoms with van der Waals surface area (Å²) >= 11 is 0. The van der Waals surface area contributed by atoms with Crippen LogP contribution in [0.4, 0.5) is 10.1 Å². The van der Waals surface area contributed by atoms with E-state index in [0.717, 1.165) is 0 Å². The number of hydrogen-bond acceptors (Lipinski definition) is 5. The molecule has 28 heavy (non-hydrogen) atoms. The summed E-state index contributed by atoms with van der Waals surface area (Å²) in [6.45, 7) is 1.43. The third-order valence-corrected chi connectivity index (χ3v) is 5.33. The van der Waals surface area contributed by atoms with E-state index in [1.165, 1.54) is 49.4 Å². The number of benzene rings is 2. The zero-order valence-corrected chi connectivity index (χ0v) is 15.7. The number of aryl methyl sites for hydroxylation is 1. The fraction of sp³-hybridized carbons (Fsp3) is 0.222. The quantitative estimate of drug-likeness (QED) is 0.628. The number of fused-ring (bicyclic) bond motifs is 1. The zero-order chi connectivity index (χ0) is 20.3. The summed E-state index contributed by atoms with van der Waals surface area (Å²) in [5.74, 6) is -1.02. The molecule has 0 aromatic heterocycles. The van der Waals surface area contributed by atoms with Gasteiger partial charge in [0.2, 0.25) is 5.91 Å². The van der Waals surface area contributed by atoms with Crippen molar-refractivity contribution >= 4 is 27.5 Å². The lowest BCUT2D eigenvalue weighted by atomic mass is 10.0. The summed E-state index contributed by atoms with van der Waals surface area (Å²) < 4.78 is 43.0. The number of ether oxygens (including phenoxy) is 1. The molecule has 2 aromatic carbocycles. The highest BCUT2D eigenvalue weighted by Gasteiger charge is 2.22. The first-order valence-corrected chi connectivity index (χ1v) is 9.89. The van der Waals surface area contributed by atoms with Gasteiger partial charge in [-0.15, -0.1) is 4.83 Å². The summed E-state index contributed by atoms with van der Waals surface area (Å²) in [7, 11) is -4.01. The lowest BCUT2D eigenvalue weighted by molar-refractivity contribution is -0.127. The number of sulfonamides is 1. The molecule has 0 bridgehead atoms. The van der Waals surface area contributed by atoms with Gasteiger partial charge >= 0.3 is 0 Å². The Morgan fingerprint density at radius 3 is 2.61 bits per heavy atom. The standard InChI is InChI=1S/C18H18FN3O5S/c1-11(27-14-5-3-13(19)4-6-14)18(24)21-22-28(25,26)15-7-8-16-12(10-15)2-9-17(23)20-16/h3-8,10-11,22H,2,9H2,1H3,(H,20,23)(H,21,24)/t11-/m1/s1. The first kappa shape index (κ1) is 19.8. The Morgan fingerprint density at radius 2 is 1.89 bits per heavy atom. The molecule has 3 N–H and O–H groups in total. The minimum Gasteiger partial charge on any atom is -0.481 e. The van der Waals surface area contributed by atoms with Gasteiger partial charge in [0.1, 0.15) is 11.6 Å². The van der Waals surface area contributed by atoms with Crippen LogP contribution in [0.15, 0.2) is 47.4 Å². The van der Waals surface area contributed by atoms with Gasteiger partial charge in [0, 0.05) is 12.1 Å². The van der Waals surface area contributed by atoms with Crippen molar-refractivity contribution < 1.29 is 27.1 Å². The van der Waals surface area contributed by atoms with E-state index in [2.05, 4.69) is 10.7 Å². The Balaban J connectivity index is 1.62. The number of amides is 2. The van der Waals surface area contributed by atoms with Gasteiger partial charge < -0.3 is 10.1 Å². The van der Waals surface area contributed by atoms with Gasteiger partial charge in [0.25, 0.3) is 15.9 Å². The number of hydrogen-bond donors (Lipinski definition) is 3. The van der Waals surface area contributed by atoms with Crippen LogP contribution in [-0.4, -0.2) is 26.3 Å². The molecular weight excluding hydrogens is 389 g/mol. The number of anilines is 1. The molecule has 2 aromatic rings. The number of carbonyl (C=O) groups is 2. The van der Waals surface area contributed by atoms with E-state index in [1.807, 2.05) is 4.83 Å². The van der Waals surface area contributed by atoms with E-state index in [4.69, 9.17) is 4.74 Å². The van der Waals surface area contributed by atoms with Gasteiger partial charge in [0.15, 0.2) is 6.10 Å². The molecule has 1 aliphatic rings. The van der Waals surface area contributed by atoms with Crippen molar-refractivity contribution in [1.29, 1.82) is 0 Å². The fourth-order valence-corrected chi connectivity index (χ4v) is 3.47. The van der Waals surface area contributed by atoms with Crippen molar-refractivity contribution in [3.63, 3.8) is 0 Å². The summed E-state index contributed by atoms with van der Waals surface area (Å²) in [6, 6.07) is 9.36. The molecule has 3 rings (SSSR count). The SMILES string of the molecule is C[C@@H](Oc1ccc(F)cc1)C(=O)NNS(=O)(=O)c1ccc2c(c1)CCC(=O)N2. The first-order chi connectivity index (χ1) is 13.2. The summed E-state index contributed by atoms with van der Waals surface area (Å²) in [4.78, 5) is 25.4. The Kier molecular flexibility index (Phi) is 5.61. The van der Waals surface area contributed by atoms with Crippen LogP contribution in [0.25, 0.3) is 0 Å². The van der Waals surface area contributed by atoms with Gasteiger partial charge in [-0.25, -0.2) is 12.8 Å². The number of halogens is 1. The number of nitrogens with one attached hydrogen (secondary N) is 3. The average molecular weight is 407 g/mol. The van der Waals surface area contributed by atoms with Crippen molar-refractivity contribution in [3.05, 3.63) is 53.8 Å². The summed E-state index contributed by atoms with van der Waals surface area (Å²) in [5.41, 5.74) is 3.36. The molecule has 0 saturated carbocycles. The lowest BCUT2D eigenvalue weighted by Gasteiger charge is -2.18. The Bertz CT molecular complexity index is 1010. The molecule has 1 atom stereocenters. The van der Waals surface area contributed by atoms with Crippen LogP contribution in [0.2, 0.25) is 0 Å². The summed E-state index contributed by atoms with van der Waals surface area (Å²) in [5, 5.41) is 2.67. The van der Waals surface area contributed by atoms with Gasteiger partial charge in [-0.2, -0.15) is 0 Å². The molecular formula is C18H18FN3O5S. The molecule has 2 amide bonds. The molecule has 0 fully saturated rings. The largest absolute Gasteiger partial charge is 0.481 e. The van der Waals surface area contributed by atoms with Crippen LogP contribution >= 0.6 is 0 Å². The van der Waals surface area contributed by atoms with E-state index < -0.39 is 27.9 Å². The second kappa shape index (κ2) is 7.95. The first-order valence-electron chi connectivity index (χ1n) is 8.41. The highest BCUT2D eigenvalue weighted by atomic mass is 32.2. The molecule has 1 aliphatic heterocycles. The predicted octanol–water partition coefficient (Wildman–Crippen LogP) is 1.49. The second-order valence-corrected chi connectivity index (χ2v) is 7.86. The van der Waals surface area contributed by atoms with Crippen LogP contribution in [0, 0.1) is 5.82 Å². The Labute approximate surface area is 161 Å². The minimum atomic E-state index is -4.01. The van der Waals surface area contributed by atoms with Crippen molar-refractivity contribution in [2.45, 2.75) is 30.8 Å². The zero-order valence-electron chi connectivity index (χ0n) is 14.9. The molecule has 1 heterocycles. The Hall–Kier alpha value is -2.98. The molecule has 0 spiro atoms. The number of rotatable bonds is 6. The van der Waals surface area contributed by atoms with Gasteiger partial charge in [-0.1, -0.05) is 0 Å². The van der Waals surface area contributed by atoms with E-state index in [1.54, 1.807) is 0 Å². The third kappa shape index (κ3) is 4.65. The van der Waals surface area contributed by atoms with E-state index in [0.29, 0.717) is 17.7 Å². The predicted molar refractivity (Wildman–Crippen MR) is 98.3 cm³/mol. The number of carbonyl (C=O) groups excluding carboxylic acids is 2. The lowest BCUT2D eigenvalue weighted by Crippen LogP contribution is -2.47. The van der Waals surface area contributed by atoms with Gasteiger partial charge in [-0.05, 0) is 61.4 Å². The third-order valence-electron chi connectivity index (χ3n) is 4.09. The fourth-order valence-electron chi connectivity index (χ4n) is 2.58. The Morgan fingerprint density at radius 1 is 1.18 bits per heavy atom. The van der Waals surface area contributed by atoms with Gasteiger partial charge in [-0.3, -0.25) is 15.0 Å². The van der Waals surface area contributed by atoms with Crippen LogP contribution in [0.1, 0.15) is 18.9 Å². The summed E-state index contributed by atoms with van der Waals surface area (Å²) in [6.07, 6.45) is -0.315. The molecule has 8 nitrogen and oxygen atoms in total. The molecule has 10 heteroatoms. The van der Waals surface area contributed by atoms with Crippen molar-refractivity contribution in [3.8, 4) is 5.75 Å². The topological polar surface area (TPSA) is 114 Å². The monoisotopic (exact) mass is 407 g/mol. The van der Waals surface area contributed by atoms with Crippen LogP contribution < -0.4 is 20.3 Å². The molecule has 0 aliphatic carbocycles. The highest BCUT2D eigenvalue weighted by Crippen LogP contribution is 2.25. The second-order valence-electron chi connectivity index (χ2n) is 6.18. The smallest absolute Gasteiger partial charge is 0.275 e. The molecule has 0 unspecified atom stereocenters. The normalized spacial score (nSPS) is 14.6. The van der Waals surface area contributed by atoms with Crippen molar-refractivity contribution in [2.75, 3.05) is 5.32 Å². The van der Waals surface area contributed by atoms with Crippen LogP contribution in [-0.2, 0) is 26.0 Å². The van der Waals surface area contributed by atoms with E-state index in [9.17, 15) is 22.4 Å². The maximum Gasteiger partial charge on any atom is 0.275 e. The van der Waals surface area contributed by atoms with E-state index in [-0.39, 0.29) is 23.0 Å². The molecule has 0 radical (unpaired) electrons. The van der Waals surface area contributed by atoms with Crippen molar-refractivity contribution in [2.24, 2.45) is 0 Å². The van der Waals surface area contributed by atoms with Crippen LogP contribution in [0.3, 0.4) is 0 Å². The van der Waals surface area contributed by atoms with Crippen molar-refractivity contribution in [1.82, 2.24) is 10.3 Å². The van der Waals surface area contributed by atoms with Crippen LogP contribution in [0.5, 0.6) is 5.75 Å². The van der Waals surface area contributed by atoms with Gasteiger partial charge in [0.05, 0.1) is 4.90 Å². The minimum absolute atomic E-state index is 0.0465.